The van der Waals surface area contributed by atoms with Gasteiger partial charge in [0.15, 0.2) is 0 Å². The van der Waals surface area contributed by atoms with Crippen molar-refractivity contribution in [3.8, 4) is 0 Å². The molecule has 2 saturated heterocycles. The van der Waals surface area contributed by atoms with Crippen molar-refractivity contribution >= 4 is 20.2 Å². The van der Waals surface area contributed by atoms with Gasteiger partial charge in [0.2, 0.25) is 0 Å². The van der Waals surface area contributed by atoms with Crippen LogP contribution in [-0.2, 0) is 28.6 Å². The van der Waals surface area contributed by atoms with Crippen molar-refractivity contribution in [3.63, 3.8) is 0 Å². The molecule has 11 atom stereocenters. The van der Waals surface area contributed by atoms with E-state index in [0.717, 1.165) is 19.3 Å². The van der Waals surface area contributed by atoms with E-state index in [1.165, 1.54) is 0 Å². The summed E-state index contributed by atoms with van der Waals surface area (Å²) in [6, 6.07) is 0. The number of hydrogen-bond donors (Lipinski definition) is 0. The minimum Gasteiger partial charge on any atom is -0.266 e. The first-order valence-corrected chi connectivity index (χ1v) is 11.9. The molecule has 0 radical (unpaired) electrons. The molecule has 8 heteroatoms. The minimum atomic E-state index is -3.56. The highest BCUT2D eigenvalue weighted by Crippen LogP contribution is 2.70. The molecule has 134 valence electrons. The van der Waals surface area contributed by atoms with Gasteiger partial charge >= 0.3 is 0 Å². The van der Waals surface area contributed by atoms with Crippen molar-refractivity contribution in [3.05, 3.63) is 0 Å². The van der Waals surface area contributed by atoms with Gasteiger partial charge in [0.05, 0.1) is 22.2 Å². The topological polar surface area (TPSA) is 86.7 Å². The SMILES string of the molecule is CC1C2CC3C(OS(=O)(=O)C13)C2C1C2CC3C1S(=O)(=O)OC3(C)C2. The third-order valence-electron chi connectivity index (χ3n) is 8.45. The van der Waals surface area contributed by atoms with E-state index in [0.29, 0.717) is 5.92 Å². The lowest BCUT2D eigenvalue weighted by Crippen LogP contribution is -2.47. The lowest BCUT2D eigenvalue weighted by Gasteiger charge is -2.40. The standard InChI is InChI=1S/C16H22O6S2/c1-6-8-4-9-13(21-23(17,18)14(6)9)12(8)11-7-3-10-15(11)24(19,20)22-16(10,2)5-7/h6-15H,3-5H2,1-2H3. The summed E-state index contributed by atoms with van der Waals surface area (Å²) in [5.74, 6) is 0.861. The van der Waals surface area contributed by atoms with Gasteiger partial charge < -0.3 is 0 Å². The van der Waals surface area contributed by atoms with Crippen LogP contribution >= 0.6 is 0 Å². The van der Waals surface area contributed by atoms with E-state index < -0.39 is 31.1 Å². The van der Waals surface area contributed by atoms with E-state index in [9.17, 15) is 16.8 Å². The predicted octanol–water partition coefficient (Wildman–Crippen LogP) is 1.13. The lowest BCUT2D eigenvalue weighted by molar-refractivity contribution is 0.0184. The summed E-state index contributed by atoms with van der Waals surface area (Å²) in [7, 11) is -7.05. The molecule has 6 aliphatic rings. The molecule has 0 amide bonds. The molecule has 4 aliphatic carbocycles. The van der Waals surface area contributed by atoms with E-state index in [1.807, 2.05) is 13.8 Å². The summed E-state index contributed by atoms with van der Waals surface area (Å²) < 4.78 is 61.3. The molecule has 6 fully saturated rings. The maximum Gasteiger partial charge on any atom is 0.271 e. The first-order valence-electron chi connectivity index (χ1n) is 9.01. The van der Waals surface area contributed by atoms with Crippen LogP contribution in [0.15, 0.2) is 0 Å². The zero-order valence-corrected chi connectivity index (χ0v) is 15.3. The Morgan fingerprint density at radius 3 is 2.46 bits per heavy atom. The quantitative estimate of drug-likeness (QED) is 0.640. The Kier molecular flexibility index (Phi) is 2.42. The molecular weight excluding hydrogens is 352 g/mol. The molecule has 11 unspecified atom stereocenters. The summed E-state index contributed by atoms with van der Waals surface area (Å²) in [5, 5.41) is -0.827. The maximum absolute atomic E-state index is 12.7. The zero-order chi connectivity index (χ0) is 16.8. The molecule has 6 rings (SSSR count). The largest absolute Gasteiger partial charge is 0.271 e. The minimum absolute atomic E-state index is 0.00674. The van der Waals surface area contributed by atoms with Crippen LogP contribution in [0.3, 0.4) is 0 Å². The molecule has 6 nitrogen and oxygen atoms in total. The summed E-state index contributed by atoms with van der Waals surface area (Å²) in [5.41, 5.74) is -0.529. The molecule has 0 aromatic rings. The first-order chi connectivity index (χ1) is 11.1. The molecule has 0 aromatic carbocycles. The number of hydrogen-bond acceptors (Lipinski definition) is 6. The summed E-state index contributed by atoms with van der Waals surface area (Å²) in [6.07, 6.45) is 2.26. The third kappa shape index (κ3) is 1.41. The summed E-state index contributed by atoms with van der Waals surface area (Å²) in [4.78, 5) is 0. The highest BCUT2D eigenvalue weighted by atomic mass is 32.2. The summed E-state index contributed by atoms with van der Waals surface area (Å²) >= 11 is 0. The number of rotatable bonds is 1. The molecule has 2 heterocycles. The van der Waals surface area contributed by atoms with Crippen molar-refractivity contribution in [2.75, 3.05) is 0 Å². The second-order valence-corrected chi connectivity index (χ2v) is 12.7. The van der Waals surface area contributed by atoms with Gasteiger partial charge in [-0.25, -0.2) is 0 Å². The van der Waals surface area contributed by atoms with Gasteiger partial charge in [0, 0.05) is 11.8 Å². The average molecular weight is 374 g/mol. The van der Waals surface area contributed by atoms with E-state index in [1.54, 1.807) is 0 Å². The average Bonchev–Trinajstić information content (AvgIpc) is 3.16. The van der Waals surface area contributed by atoms with Crippen LogP contribution in [0.5, 0.6) is 0 Å². The highest BCUT2D eigenvalue weighted by Gasteiger charge is 2.76. The maximum atomic E-state index is 12.7. The second kappa shape index (κ2) is 3.89. The van der Waals surface area contributed by atoms with E-state index in [4.69, 9.17) is 8.37 Å². The van der Waals surface area contributed by atoms with Crippen molar-refractivity contribution in [1.29, 1.82) is 0 Å². The molecule has 4 saturated carbocycles. The molecular formula is C16H22O6S2. The molecule has 0 N–H and O–H groups in total. The predicted molar refractivity (Wildman–Crippen MR) is 83.7 cm³/mol. The van der Waals surface area contributed by atoms with Gasteiger partial charge in [-0.15, -0.1) is 0 Å². The molecule has 4 bridgehead atoms. The van der Waals surface area contributed by atoms with Crippen molar-refractivity contribution in [2.24, 2.45) is 41.4 Å². The Hall–Kier alpha value is -0.180. The highest BCUT2D eigenvalue weighted by molar-refractivity contribution is 7.88. The Balaban J connectivity index is 1.46. The number of fused-ring (bicyclic) bond motifs is 2. The summed E-state index contributed by atoms with van der Waals surface area (Å²) in [6.45, 7) is 3.95. The smallest absolute Gasteiger partial charge is 0.266 e. The Morgan fingerprint density at radius 1 is 0.958 bits per heavy atom. The van der Waals surface area contributed by atoms with Crippen LogP contribution in [0.4, 0.5) is 0 Å². The fraction of sp³-hybridized carbons (Fsp3) is 1.00. The van der Waals surface area contributed by atoms with Crippen molar-refractivity contribution < 1.29 is 25.2 Å². The van der Waals surface area contributed by atoms with Crippen LogP contribution < -0.4 is 0 Å². The van der Waals surface area contributed by atoms with Crippen LogP contribution in [0.2, 0.25) is 0 Å². The molecule has 2 aliphatic heterocycles. The van der Waals surface area contributed by atoms with E-state index >= 15 is 0 Å². The lowest BCUT2D eigenvalue weighted by atomic mass is 9.66. The Bertz CT molecular complexity index is 850. The van der Waals surface area contributed by atoms with Crippen LogP contribution in [0.25, 0.3) is 0 Å². The van der Waals surface area contributed by atoms with Gasteiger partial charge in [-0.3, -0.25) is 8.37 Å². The van der Waals surface area contributed by atoms with Crippen LogP contribution in [-0.4, -0.2) is 39.0 Å². The van der Waals surface area contributed by atoms with Crippen LogP contribution in [0.1, 0.15) is 33.1 Å². The molecule has 0 spiro atoms. The zero-order valence-electron chi connectivity index (χ0n) is 13.7. The van der Waals surface area contributed by atoms with Crippen molar-refractivity contribution in [1.82, 2.24) is 0 Å². The van der Waals surface area contributed by atoms with Gasteiger partial charge in [-0.05, 0) is 55.8 Å². The van der Waals surface area contributed by atoms with Gasteiger partial charge in [0.1, 0.15) is 0 Å². The normalized spacial score (nSPS) is 66.6. The van der Waals surface area contributed by atoms with Gasteiger partial charge in [-0.1, -0.05) is 6.92 Å². The third-order valence-corrected chi connectivity index (χ3v) is 12.3. The monoisotopic (exact) mass is 374 g/mol. The Labute approximate surface area is 142 Å². The fourth-order valence-electron chi connectivity index (χ4n) is 7.98. The fourth-order valence-corrected chi connectivity index (χ4v) is 12.5. The van der Waals surface area contributed by atoms with Gasteiger partial charge in [0.25, 0.3) is 20.2 Å². The van der Waals surface area contributed by atoms with Crippen molar-refractivity contribution in [2.45, 2.75) is 55.3 Å². The van der Waals surface area contributed by atoms with Crippen LogP contribution in [0, 0.1) is 41.4 Å². The van der Waals surface area contributed by atoms with E-state index in [-0.39, 0.29) is 46.9 Å². The van der Waals surface area contributed by atoms with Gasteiger partial charge in [-0.2, -0.15) is 16.8 Å². The first kappa shape index (κ1) is 14.9. The second-order valence-electron chi connectivity index (χ2n) is 9.26. The Morgan fingerprint density at radius 2 is 1.71 bits per heavy atom. The molecule has 24 heavy (non-hydrogen) atoms. The van der Waals surface area contributed by atoms with E-state index in [2.05, 4.69) is 0 Å². The molecule has 0 aromatic heterocycles.